The van der Waals surface area contributed by atoms with Crippen LogP contribution in [0, 0.1) is 0 Å². The number of anilines is 1. The maximum atomic E-state index is 12.0. The molecule has 22 heavy (non-hydrogen) atoms. The van der Waals surface area contributed by atoms with Crippen LogP contribution in [0.5, 0.6) is 0 Å². The Kier molecular flexibility index (Phi) is 3.58. The summed E-state index contributed by atoms with van der Waals surface area (Å²) in [6.45, 7) is 1.96. The first kappa shape index (κ1) is 14.2. The van der Waals surface area contributed by atoms with Gasteiger partial charge in [-0.3, -0.25) is 14.7 Å². The predicted molar refractivity (Wildman–Crippen MR) is 78.5 cm³/mol. The third kappa shape index (κ3) is 2.32. The second-order valence-corrected chi connectivity index (χ2v) is 5.00. The monoisotopic (exact) mass is 300 g/mol. The van der Waals surface area contributed by atoms with E-state index in [1.807, 2.05) is 6.92 Å². The fourth-order valence-electron chi connectivity index (χ4n) is 2.59. The van der Waals surface area contributed by atoms with Gasteiger partial charge in [-0.1, -0.05) is 6.92 Å². The summed E-state index contributed by atoms with van der Waals surface area (Å²) in [7, 11) is 1.55. The second kappa shape index (κ2) is 5.55. The molecule has 3 N–H and O–H groups in total. The largest absolute Gasteiger partial charge is 0.354 e. The predicted octanol–water partition coefficient (Wildman–Crippen LogP) is 0.596. The van der Waals surface area contributed by atoms with E-state index in [0.717, 1.165) is 5.69 Å². The molecule has 8 nitrogen and oxygen atoms in total. The van der Waals surface area contributed by atoms with E-state index in [9.17, 15) is 9.59 Å². The molecule has 1 aliphatic rings. The van der Waals surface area contributed by atoms with Crippen LogP contribution >= 0.6 is 0 Å². The molecule has 114 valence electrons. The number of H-pyrrole nitrogens is 1. The van der Waals surface area contributed by atoms with Crippen LogP contribution in [0.1, 0.15) is 46.8 Å². The quantitative estimate of drug-likeness (QED) is 0.768. The molecular formula is C14H16N6O2. The van der Waals surface area contributed by atoms with E-state index in [1.165, 1.54) is 0 Å². The number of aromatic nitrogens is 4. The molecule has 1 atom stereocenters. The van der Waals surface area contributed by atoms with Crippen molar-refractivity contribution in [2.24, 2.45) is 0 Å². The molecule has 0 saturated carbocycles. The van der Waals surface area contributed by atoms with E-state index in [4.69, 9.17) is 0 Å². The summed E-state index contributed by atoms with van der Waals surface area (Å²) in [6, 6.07) is 1.77. The summed E-state index contributed by atoms with van der Waals surface area (Å²) in [5.74, 6) is 0.346. The average Bonchev–Trinajstić information content (AvgIpc) is 2.97. The van der Waals surface area contributed by atoms with Crippen LogP contribution < -0.4 is 10.6 Å². The van der Waals surface area contributed by atoms with Crippen molar-refractivity contribution in [1.29, 1.82) is 0 Å². The number of carbonyl (C=O) groups excluding carboxylic acids is 2. The first-order valence-corrected chi connectivity index (χ1v) is 7.06. The second-order valence-electron chi connectivity index (χ2n) is 5.00. The number of aromatic amines is 1. The SMILES string of the molecule is CCc1nccc(C2CC(=O)Nc3n[nH]c(C(=O)NC)c32)n1. The molecule has 1 unspecified atom stereocenters. The molecule has 0 fully saturated rings. The minimum Gasteiger partial charge on any atom is -0.354 e. The van der Waals surface area contributed by atoms with Gasteiger partial charge in [0.05, 0.1) is 5.69 Å². The van der Waals surface area contributed by atoms with Crippen molar-refractivity contribution >= 4 is 17.6 Å². The van der Waals surface area contributed by atoms with Gasteiger partial charge in [0.25, 0.3) is 5.91 Å². The minimum atomic E-state index is -0.317. The van der Waals surface area contributed by atoms with Gasteiger partial charge >= 0.3 is 0 Å². The third-order valence-corrected chi connectivity index (χ3v) is 3.65. The maximum absolute atomic E-state index is 12.0. The Hall–Kier alpha value is -2.77. The van der Waals surface area contributed by atoms with Crippen molar-refractivity contribution in [2.45, 2.75) is 25.7 Å². The van der Waals surface area contributed by atoms with Gasteiger partial charge in [0.2, 0.25) is 5.91 Å². The lowest BCUT2D eigenvalue weighted by atomic mass is 9.88. The lowest BCUT2D eigenvalue weighted by molar-refractivity contribution is -0.116. The molecule has 0 spiro atoms. The topological polar surface area (TPSA) is 113 Å². The molecule has 0 bridgehead atoms. The highest BCUT2D eigenvalue weighted by atomic mass is 16.2. The van der Waals surface area contributed by atoms with Crippen molar-refractivity contribution < 1.29 is 9.59 Å². The fourth-order valence-corrected chi connectivity index (χ4v) is 2.59. The number of aryl methyl sites for hydroxylation is 1. The number of fused-ring (bicyclic) bond motifs is 1. The van der Waals surface area contributed by atoms with Crippen LogP contribution in [0.4, 0.5) is 5.82 Å². The first-order valence-electron chi connectivity index (χ1n) is 7.06. The number of hydrogen-bond acceptors (Lipinski definition) is 5. The molecule has 0 aromatic carbocycles. The van der Waals surface area contributed by atoms with E-state index >= 15 is 0 Å². The number of nitrogens with zero attached hydrogens (tertiary/aromatic N) is 3. The van der Waals surface area contributed by atoms with E-state index in [-0.39, 0.29) is 24.2 Å². The lowest BCUT2D eigenvalue weighted by Gasteiger charge is -2.22. The van der Waals surface area contributed by atoms with Crippen molar-refractivity contribution in [3.05, 3.63) is 35.0 Å². The van der Waals surface area contributed by atoms with Gasteiger partial charge < -0.3 is 10.6 Å². The molecule has 0 radical (unpaired) electrons. The van der Waals surface area contributed by atoms with Crippen LogP contribution in [0.25, 0.3) is 0 Å². The summed E-state index contributed by atoms with van der Waals surface area (Å²) in [5, 5.41) is 12.0. The van der Waals surface area contributed by atoms with Gasteiger partial charge in [0.15, 0.2) is 5.82 Å². The van der Waals surface area contributed by atoms with Gasteiger partial charge in [-0.2, -0.15) is 5.10 Å². The zero-order valence-corrected chi connectivity index (χ0v) is 12.3. The molecule has 3 rings (SSSR count). The first-order chi connectivity index (χ1) is 10.6. The van der Waals surface area contributed by atoms with Crippen LogP contribution in [-0.2, 0) is 11.2 Å². The van der Waals surface area contributed by atoms with Gasteiger partial charge in [-0.25, -0.2) is 9.97 Å². The maximum Gasteiger partial charge on any atom is 0.269 e. The van der Waals surface area contributed by atoms with Gasteiger partial charge in [-0.15, -0.1) is 0 Å². The Labute approximate surface area is 126 Å². The average molecular weight is 300 g/mol. The van der Waals surface area contributed by atoms with E-state index < -0.39 is 0 Å². The van der Waals surface area contributed by atoms with E-state index in [1.54, 1.807) is 19.3 Å². The Morgan fingerprint density at radius 3 is 3.05 bits per heavy atom. The molecule has 2 aromatic heterocycles. The van der Waals surface area contributed by atoms with Gasteiger partial charge in [0, 0.05) is 37.6 Å². The molecule has 2 amide bonds. The number of rotatable bonds is 3. The Bertz CT molecular complexity index is 739. The Morgan fingerprint density at radius 2 is 2.32 bits per heavy atom. The van der Waals surface area contributed by atoms with Crippen LogP contribution in [0.3, 0.4) is 0 Å². The molecular weight excluding hydrogens is 284 g/mol. The van der Waals surface area contributed by atoms with Crippen LogP contribution in [0.15, 0.2) is 12.3 Å². The van der Waals surface area contributed by atoms with Gasteiger partial charge in [0.1, 0.15) is 11.5 Å². The standard InChI is InChI=1S/C14H16N6O2/c1-3-9-16-5-4-8(17-9)7-6-10(21)18-13-11(7)12(19-20-13)14(22)15-2/h4-5,7H,3,6H2,1-2H3,(H,15,22)(H2,18,19,20,21). The highest BCUT2D eigenvalue weighted by molar-refractivity contribution is 6.00. The molecule has 1 aliphatic heterocycles. The zero-order chi connectivity index (χ0) is 15.7. The van der Waals surface area contributed by atoms with Crippen LogP contribution in [0.2, 0.25) is 0 Å². The number of carbonyl (C=O) groups is 2. The lowest BCUT2D eigenvalue weighted by Crippen LogP contribution is -2.27. The third-order valence-electron chi connectivity index (χ3n) is 3.65. The zero-order valence-electron chi connectivity index (χ0n) is 12.3. The Balaban J connectivity index is 2.11. The highest BCUT2D eigenvalue weighted by Gasteiger charge is 2.34. The smallest absolute Gasteiger partial charge is 0.269 e. The summed E-state index contributed by atoms with van der Waals surface area (Å²) in [4.78, 5) is 32.6. The summed E-state index contributed by atoms with van der Waals surface area (Å²) in [6.07, 6.45) is 2.59. The van der Waals surface area contributed by atoms with Crippen molar-refractivity contribution in [3.8, 4) is 0 Å². The number of hydrogen-bond donors (Lipinski definition) is 3. The normalized spacial score (nSPS) is 16.8. The summed E-state index contributed by atoms with van der Waals surface area (Å²) >= 11 is 0. The Morgan fingerprint density at radius 1 is 1.50 bits per heavy atom. The van der Waals surface area contributed by atoms with Crippen molar-refractivity contribution in [2.75, 3.05) is 12.4 Å². The molecule has 3 heterocycles. The molecule has 0 saturated heterocycles. The fraction of sp³-hybridized carbons (Fsp3) is 0.357. The number of amides is 2. The molecule has 2 aromatic rings. The van der Waals surface area contributed by atoms with E-state index in [0.29, 0.717) is 29.3 Å². The van der Waals surface area contributed by atoms with Gasteiger partial charge in [-0.05, 0) is 6.07 Å². The van der Waals surface area contributed by atoms with Crippen LogP contribution in [-0.4, -0.2) is 39.0 Å². The molecule has 8 heteroatoms. The number of nitrogens with one attached hydrogen (secondary N) is 3. The van der Waals surface area contributed by atoms with Crippen molar-refractivity contribution in [3.63, 3.8) is 0 Å². The summed E-state index contributed by atoms with van der Waals surface area (Å²) < 4.78 is 0. The minimum absolute atomic E-state index is 0.149. The van der Waals surface area contributed by atoms with Crippen molar-refractivity contribution in [1.82, 2.24) is 25.5 Å². The highest BCUT2D eigenvalue weighted by Crippen LogP contribution is 2.37. The van der Waals surface area contributed by atoms with E-state index in [2.05, 4.69) is 30.8 Å². The molecule has 0 aliphatic carbocycles. The summed E-state index contributed by atoms with van der Waals surface area (Å²) in [5.41, 5.74) is 1.73.